The predicted molar refractivity (Wildman–Crippen MR) is 193 cm³/mol. The standard InChI is InChI=1S/C42H44F3NO2/c1-3-5-7-11-29-41(30-12-8-6-4-2)38-14-10-9-13-37(38)39-33(21-15-32-19-27-36(28-20-32)46(47)48)23-24-34(40(39)41)22-16-31-17-25-35(26-18-31)42(43,44)45/h9-10,13-28H,3-8,11-12,29-30H2,1-2H3/b21-15+,22-16+. The first kappa shape index (κ1) is 34.9. The van der Waals surface area contributed by atoms with Crippen molar-refractivity contribution in [1.29, 1.82) is 0 Å². The van der Waals surface area contributed by atoms with Gasteiger partial charge in [-0.25, -0.2) is 0 Å². The normalized spacial score (nSPS) is 13.7. The average molecular weight is 652 g/mol. The van der Waals surface area contributed by atoms with E-state index in [0.29, 0.717) is 5.56 Å². The summed E-state index contributed by atoms with van der Waals surface area (Å²) in [7, 11) is 0. The second-order valence-corrected chi connectivity index (χ2v) is 12.9. The molecule has 6 heteroatoms. The summed E-state index contributed by atoms with van der Waals surface area (Å²) in [5.74, 6) is 0. The molecule has 0 aromatic heterocycles. The monoisotopic (exact) mass is 651 g/mol. The third-order valence-corrected chi connectivity index (χ3v) is 9.63. The van der Waals surface area contributed by atoms with Crippen LogP contribution in [0.1, 0.15) is 117 Å². The van der Waals surface area contributed by atoms with Gasteiger partial charge in [-0.2, -0.15) is 13.2 Å². The van der Waals surface area contributed by atoms with Crippen LogP contribution >= 0.6 is 0 Å². The van der Waals surface area contributed by atoms with Gasteiger partial charge >= 0.3 is 6.18 Å². The molecule has 0 unspecified atom stereocenters. The zero-order valence-electron chi connectivity index (χ0n) is 27.9. The van der Waals surface area contributed by atoms with E-state index in [0.717, 1.165) is 67.3 Å². The van der Waals surface area contributed by atoms with E-state index in [1.807, 2.05) is 12.2 Å². The topological polar surface area (TPSA) is 43.1 Å². The molecule has 0 aliphatic heterocycles. The Morgan fingerprint density at radius 2 is 1.21 bits per heavy atom. The lowest BCUT2D eigenvalue weighted by molar-refractivity contribution is -0.384. The van der Waals surface area contributed by atoms with E-state index < -0.39 is 16.7 Å². The number of alkyl halides is 3. The van der Waals surface area contributed by atoms with E-state index >= 15 is 0 Å². The van der Waals surface area contributed by atoms with Gasteiger partial charge in [0, 0.05) is 17.5 Å². The molecule has 4 aromatic rings. The SMILES string of the molecule is CCCCCCC1(CCCCCC)c2ccccc2-c2c(/C=C/c3ccc([N+](=O)[O-])cc3)ccc(/C=C/c3ccc(C(F)(F)F)cc3)c21. The van der Waals surface area contributed by atoms with Gasteiger partial charge in [-0.3, -0.25) is 10.1 Å². The van der Waals surface area contributed by atoms with Crippen molar-refractivity contribution >= 4 is 30.0 Å². The number of halogens is 3. The summed E-state index contributed by atoms with van der Waals surface area (Å²) in [6, 6.07) is 24.9. The van der Waals surface area contributed by atoms with Gasteiger partial charge in [-0.05, 0) is 81.6 Å². The lowest BCUT2D eigenvalue weighted by Gasteiger charge is -2.34. The lowest BCUT2D eigenvalue weighted by atomic mass is 9.69. The quantitative estimate of drug-likeness (QED) is 0.0556. The Kier molecular flexibility index (Phi) is 11.4. The van der Waals surface area contributed by atoms with Crippen molar-refractivity contribution in [3.63, 3.8) is 0 Å². The van der Waals surface area contributed by atoms with Gasteiger partial charge in [0.2, 0.25) is 0 Å². The van der Waals surface area contributed by atoms with Gasteiger partial charge in [0.1, 0.15) is 0 Å². The van der Waals surface area contributed by atoms with E-state index in [9.17, 15) is 23.3 Å². The van der Waals surface area contributed by atoms with Gasteiger partial charge in [0.25, 0.3) is 5.69 Å². The zero-order chi connectivity index (χ0) is 34.1. The van der Waals surface area contributed by atoms with Gasteiger partial charge in [-0.1, -0.05) is 138 Å². The Hall–Kier alpha value is -4.45. The minimum Gasteiger partial charge on any atom is -0.258 e. The molecule has 0 bridgehead atoms. The number of hydrogen-bond acceptors (Lipinski definition) is 2. The van der Waals surface area contributed by atoms with E-state index in [1.165, 1.54) is 72.2 Å². The van der Waals surface area contributed by atoms with Crippen molar-refractivity contribution in [2.75, 3.05) is 0 Å². The third-order valence-electron chi connectivity index (χ3n) is 9.63. The molecule has 0 radical (unpaired) electrons. The fourth-order valence-electron chi connectivity index (χ4n) is 7.19. The molecule has 5 rings (SSSR count). The molecule has 48 heavy (non-hydrogen) atoms. The number of nitrogens with zero attached hydrogens (tertiary/aromatic N) is 1. The zero-order valence-corrected chi connectivity index (χ0v) is 27.9. The van der Waals surface area contributed by atoms with Crippen LogP contribution in [0.4, 0.5) is 18.9 Å². The number of fused-ring (bicyclic) bond motifs is 3. The number of benzene rings is 4. The predicted octanol–water partition coefficient (Wildman–Crippen LogP) is 13.2. The fourth-order valence-corrected chi connectivity index (χ4v) is 7.19. The molecular weight excluding hydrogens is 607 g/mol. The summed E-state index contributed by atoms with van der Waals surface area (Å²) in [5.41, 5.74) is 8.04. The van der Waals surface area contributed by atoms with Crippen LogP contribution in [-0.4, -0.2) is 4.92 Å². The van der Waals surface area contributed by atoms with E-state index in [1.54, 1.807) is 12.1 Å². The van der Waals surface area contributed by atoms with Crippen molar-refractivity contribution in [2.45, 2.75) is 89.6 Å². The molecule has 4 aromatic carbocycles. The molecule has 0 fully saturated rings. The molecular formula is C42H44F3NO2. The van der Waals surface area contributed by atoms with Crippen LogP contribution in [0.5, 0.6) is 0 Å². The minimum absolute atomic E-state index is 0.0575. The maximum Gasteiger partial charge on any atom is 0.416 e. The summed E-state index contributed by atoms with van der Waals surface area (Å²) in [4.78, 5) is 10.8. The highest BCUT2D eigenvalue weighted by Gasteiger charge is 2.44. The second kappa shape index (κ2) is 15.6. The molecule has 1 aliphatic carbocycles. The van der Waals surface area contributed by atoms with Crippen LogP contribution in [0, 0.1) is 10.1 Å². The number of nitro benzene ring substituents is 1. The van der Waals surface area contributed by atoms with Crippen LogP contribution in [0.3, 0.4) is 0 Å². The number of nitro groups is 1. The van der Waals surface area contributed by atoms with Crippen molar-refractivity contribution in [1.82, 2.24) is 0 Å². The summed E-state index contributed by atoms with van der Waals surface area (Å²) in [6.07, 6.45) is 15.0. The Morgan fingerprint density at radius 3 is 1.77 bits per heavy atom. The summed E-state index contributed by atoms with van der Waals surface area (Å²) in [5, 5.41) is 11.2. The molecule has 0 N–H and O–H groups in total. The Labute approximate surface area is 282 Å². The smallest absolute Gasteiger partial charge is 0.258 e. The average Bonchev–Trinajstić information content (AvgIpc) is 3.38. The molecule has 0 amide bonds. The molecule has 0 saturated heterocycles. The number of unbranched alkanes of at least 4 members (excludes halogenated alkanes) is 6. The summed E-state index contributed by atoms with van der Waals surface area (Å²) in [6.45, 7) is 4.46. The lowest BCUT2D eigenvalue weighted by Crippen LogP contribution is -2.26. The molecule has 0 heterocycles. The van der Waals surface area contributed by atoms with Crippen LogP contribution in [0.2, 0.25) is 0 Å². The number of hydrogen-bond donors (Lipinski definition) is 0. The van der Waals surface area contributed by atoms with Crippen molar-refractivity contribution in [3.05, 3.63) is 134 Å². The van der Waals surface area contributed by atoms with Gasteiger partial charge in [-0.15, -0.1) is 0 Å². The van der Waals surface area contributed by atoms with Crippen molar-refractivity contribution in [2.24, 2.45) is 0 Å². The van der Waals surface area contributed by atoms with E-state index in [4.69, 9.17) is 0 Å². The Balaban J connectivity index is 1.65. The summed E-state index contributed by atoms with van der Waals surface area (Å²) < 4.78 is 39.7. The molecule has 3 nitrogen and oxygen atoms in total. The highest BCUT2D eigenvalue weighted by Crippen LogP contribution is 2.57. The van der Waals surface area contributed by atoms with E-state index in [2.05, 4.69) is 62.4 Å². The third kappa shape index (κ3) is 7.81. The molecule has 0 atom stereocenters. The van der Waals surface area contributed by atoms with E-state index in [-0.39, 0.29) is 11.1 Å². The van der Waals surface area contributed by atoms with Gasteiger partial charge in [0.15, 0.2) is 0 Å². The van der Waals surface area contributed by atoms with Crippen LogP contribution in [-0.2, 0) is 11.6 Å². The van der Waals surface area contributed by atoms with Crippen molar-refractivity contribution in [3.8, 4) is 11.1 Å². The summed E-state index contributed by atoms with van der Waals surface area (Å²) >= 11 is 0. The largest absolute Gasteiger partial charge is 0.416 e. The molecule has 0 saturated carbocycles. The highest BCUT2D eigenvalue weighted by molar-refractivity contribution is 5.93. The molecule has 250 valence electrons. The molecule has 0 spiro atoms. The van der Waals surface area contributed by atoms with Gasteiger partial charge < -0.3 is 0 Å². The first-order valence-corrected chi connectivity index (χ1v) is 17.2. The Bertz CT molecular complexity index is 1740. The van der Waals surface area contributed by atoms with Crippen LogP contribution in [0.15, 0.2) is 84.9 Å². The second-order valence-electron chi connectivity index (χ2n) is 12.9. The highest BCUT2D eigenvalue weighted by atomic mass is 19.4. The maximum absolute atomic E-state index is 13.2. The van der Waals surface area contributed by atoms with Crippen molar-refractivity contribution < 1.29 is 18.1 Å². The first-order valence-electron chi connectivity index (χ1n) is 17.2. The van der Waals surface area contributed by atoms with Crippen LogP contribution in [0.25, 0.3) is 35.4 Å². The fraction of sp³-hybridized carbons (Fsp3) is 0.333. The maximum atomic E-state index is 13.2. The number of rotatable bonds is 15. The minimum atomic E-state index is -4.37. The first-order chi connectivity index (χ1) is 23.2. The number of non-ortho nitro benzene ring substituents is 1. The Morgan fingerprint density at radius 1 is 0.667 bits per heavy atom. The van der Waals surface area contributed by atoms with Crippen LogP contribution < -0.4 is 0 Å². The van der Waals surface area contributed by atoms with Gasteiger partial charge in [0.05, 0.1) is 10.5 Å². The molecule has 1 aliphatic rings.